The number of nitrogens with zero attached hydrogens (tertiary/aromatic N) is 2. The van der Waals surface area contributed by atoms with Crippen molar-refractivity contribution < 1.29 is 13.9 Å². The molecule has 0 bridgehead atoms. The van der Waals surface area contributed by atoms with Crippen molar-refractivity contribution in [1.29, 1.82) is 0 Å². The summed E-state index contributed by atoms with van der Waals surface area (Å²) in [4.78, 5) is 11.8. The van der Waals surface area contributed by atoms with Crippen LogP contribution in [0.2, 0.25) is 0 Å². The summed E-state index contributed by atoms with van der Waals surface area (Å²) in [5, 5.41) is 6.86. The Morgan fingerprint density at radius 3 is 2.52 bits per heavy atom. The van der Waals surface area contributed by atoms with Crippen LogP contribution in [-0.4, -0.2) is 22.3 Å². The van der Waals surface area contributed by atoms with E-state index in [1.807, 2.05) is 24.4 Å². The number of hydrogen-bond acceptors (Lipinski definition) is 3. The van der Waals surface area contributed by atoms with Crippen LogP contribution in [0.1, 0.15) is 0 Å². The summed E-state index contributed by atoms with van der Waals surface area (Å²) >= 11 is 0. The second-order valence-electron chi connectivity index (χ2n) is 4.79. The maximum atomic E-state index is 12.8. The van der Waals surface area contributed by atoms with Crippen LogP contribution < -0.4 is 10.1 Å². The van der Waals surface area contributed by atoms with Crippen molar-refractivity contribution in [1.82, 2.24) is 9.78 Å². The van der Waals surface area contributed by atoms with Crippen LogP contribution in [0.5, 0.6) is 5.75 Å². The lowest BCUT2D eigenvalue weighted by molar-refractivity contribution is -0.118. The third-order valence-electron chi connectivity index (χ3n) is 3.10. The van der Waals surface area contributed by atoms with Crippen molar-refractivity contribution in [3.63, 3.8) is 0 Å². The maximum absolute atomic E-state index is 12.8. The smallest absolute Gasteiger partial charge is 0.262 e. The molecular formula is C17H14FN3O2. The summed E-state index contributed by atoms with van der Waals surface area (Å²) in [6.45, 7) is -0.146. The first-order valence-corrected chi connectivity index (χ1v) is 6.99. The summed E-state index contributed by atoms with van der Waals surface area (Å²) in [5.74, 6) is -0.198. The number of carbonyl (C=O) groups excluding carboxylic acids is 1. The Morgan fingerprint density at radius 2 is 1.87 bits per heavy atom. The van der Waals surface area contributed by atoms with E-state index in [0.29, 0.717) is 11.4 Å². The van der Waals surface area contributed by atoms with Crippen LogP contribution in [0.4, 0.5) is 10.1 Å². The van der Waals surface area contributed by atoms with Gasteiger partial charge in [0.15, 0.2) is 6.61 Å². The zero-order valence-corrected chi connectivity index (χ0v) is 12.1. The van der Waals surface area contributed by atoms with Gasteiger partial charge in [-0.2, -0.15) is 5.10 Å². The Hall–Kier alpha value is -3.15. The van der Waals surface area contributed by atoms with Gasteiger partial charge in [-0.25, -0.2) is 9.07 Å². The second-order valence-corrected chi connectivity index (χ2v) is 4.79. The van der Waals surface area contributed by atoms with Crippen molar-refractivity contribution in [2.24, 2.45) is 0 Å². The number of carbonyl (C=O) groups is 1. The number of ether oxygens (including phenoxy) is 1. The quantitative estimate of drug-likeness (QED) is 0.788. The summed E-state index contributed by atoms with van der Waals surface area (Å²) < 4.78 is 19.8. The number of hydrogen-bond donors (Lipinski definition) is 1. The molecular weight excluding hydrogens is 297 g/mol. The standard InChI is InChI=1S/C17H14FN3O2/c18-13-2-8-16(9-3-13)23-12-17(22)20-14-4-6-15(7-5-14)21-11-1-10-19-21/h1-11H,12H2,(H,20,22). The zero-order valence-electron chi connectivity index (χ0n) is 12.1. The van der Waals surface area contributed by atoms with Crippen molar-refractivity contribution in [3.05, 3.63) is 72.8 Å². The fourth-order valence-corrected chi connectivity index (χ4v) is 2.00. The number of anilines is 1. The third kappa shape index (κ3) is 3.94. The van der Waals surface area contributed by atoms with Gasteiger partial charge >= 0.3 is 0 Å². The van der Waals surface area contributed by atoms with Crippen molar-refractivity contribution in [2.75, 3.05) is 11.9 Å². The van der Waals surface area contributed by atoms with Gasteiger partial charge < -0.3 is 10.1 Å². The molecule has 23 heavy (non-hydrogen) atoms. The molecule has 0 saturated heterocycles. The fourth-order valence-electron chi connectivity index (χ4n) is 2.00. The van der Waals surface area contributed by atoms with Gasteiger partial charge in [-0.15, -0.1) is 0 Å². The van der Waals surface area contributed by atoms with E-state index >= 15 is 0 Å². The first-order chi connectivity index (χ1) is 11.2. The molecule has 0 spiro atoms. The van der Waals surface area contributed by atoms with E-state index in [-0.39, 0.29) is 18.3 Å². The lowest BCUT2D eigenvalue weighted by Gasteiger charge is -2.08. The molecule has 1 amide bonds. The minimum atomic E-state index is -0.348. The number of rotatable bonds is 5. The number of nitrogens with one attached hydrogen (secondary N) is 1. The summed E-state index contributed by atoms with van der Waals surface area (Å²) in [7, 11) is 0. The maximum Gasteiger partial charge on any atom is 0.262 e. The van der Waals surface area contributed by atoms with Gasteiger partial charge in [0, 0.05) is 18.1 Å². The predicted octanol–water partition coefficient (Wildman–Crippen LogP) is 3.03. The normalized spacial score (nSPS) is 10.3. The van der Waals surface area contributed by atoms with E-state index in [2.05, 4.69) is 10.4 Å². The molecule has 0 radical (unpaired) electrons. The van der Waals surface area contributed by atoms with Crippen molar-refractivity contribution in [2.45, 2.75) is 0 Å². The topological polar surface area (TPSA) is 56.1 Å². The first kappa shape index (κ1) is 14.8. The van der Waals surface area contributed by atoms with E-state index in [1.54, 1.807) is 23.0 Å². The van der Waals surface area contributed by atoms with Crippen LogP contribution in [0.15, 0.2) is 67.0 Å². The Bertz CT molecular complexity index is 769. The average Bonchev–Trinajstić information content (AvgIpc) is 3.09. The van der Waals surface area contributed by atoms with Gasteiger partial charge in [-0.1, -0.05) is 0 Å². The zero-order chi connectivity index (χ0) is 16.1. The lowest BCUT2D eigenvalue weighted by Crippen LogP contribution is -2.20. The highest BCUT2D eigenvalue weighted by atomic mass is 19.1. The molecule has 3 rings (SSSR count). The summed E-state index contributed by atoms with van der Waals surface area (Å²) in [6, 6.07) is 14.6. The minimum Gasteiger partial charge on any atom is -0.484 e. The monoisotopic (exact) mass is 311 g/mol. The molecule has 3 aromatic rings. The van der Waals surface area contributed by atoms with Gasteiger partial charge in [-0.3, -0.25) is 4.79 Å². The van der Waals surface area contributed by atoms with Crippen molar-refractivity contribution in [3.8, 4) is 11.4 Å². The highest BCUT2D eigenvalue weighted by Crippen LogP contribution is 2.13. The molecule has 0 fully saturated rings. The Kier molecular flexibility index (Phi) is 4.33. The van der Waals surface area contributed by atoms with Crippen LogP contribution >= 0.6 is 0 Å². The van der Waals surface area contributed by atoms with Crippen LogP contribution in [0, 0.1) is 5.82 Å². The SMILES string of the molecule is O=C(COc1ccc(F)cc1)Nc1ccc(-n2cccn2)cc1. The molecule has 0 aliphatic rings. The summed E-state index contributed by atoms with van der Waals surface area (Å²) in [6.07, 6.45) is 3.53. The number of halogens is 1. The van der Waals surface area contributed by atoms with Gasteiger partial charge in [0.1, 0.15) is 11.6 Å². The number of benzene rings is 2. The van der Waals surface area contributed by atoms with Gasteiger partial charge in [0.2, 0.25) is 0 Å². The van der Waals surface area contributed by atoms with Crippen LogP contribution in [-0.2, 0) is 4.79 Å². The molecule has 6 heteroatoms. The highest BCUT2D eigenvalue weighted by Gasteiger charge is 2.04. The molecule has 5 nitrogen and oxygen atoms in total. The Labute approximate surface area is 132 Å². The number of amides is 1. The lowest BCUT2D eigenvalue weighted by atomic mass is 10.3. The molecule has 0 atom stereocenters. The van der Waals surface area contributed by atoms with E-state index in [9.17, 15) is 9.18 Å². The minimum absolute atomic E-state index is 0.146. The molecule has 0 aliphatic carbocycles. The largest absolute Gasteiger partial charge is 0.484 e. The van der Waals surface area contributed by atoms with Gasteiger partial charge in [0.25, 0.3) is 5.91 Å². The highest BCUT2D eigenvalue weighted by molar-refractivity contribution is 5.91. The first-order valence-electron chi connectivity index (χ1n) is 6.99. The predicted molar refractivity (Wildman–Crippen MR) is 84.1 cm³/mol. The van der Waals surface area contributed by atoms with Crippen molar-refractivity contribution >= 4 is 11.6 Å². The fraction of sp³-hybridized carbons (Fsp3) is 0.0588. The molecule has 2 aromatic carbocycles. The average molecular weight is 311 g/mol. The van der Waals surface area contributed by atoms with Gasteiger partial charge in [-0.05, 0) is 54.6 Å². The number of aromatic nitrogens is 2. The van der Waals surface area contributed by atoms with Crippen LogP contribution in [0.25, 0.3) is 5.69 Å². The third-order valence-corrected chi connectivity index (χ3v) is 3.10. The molecule has 1 N–H and O–H groups in total. The molecule has 1 aromatic heterocycles. The second kappa shape index (κ2) is 6.74. The van der Waals surface area contributed by atoms with E-state index < -0.39 is 0 Å². The Morgan fingerprint density at radius 1 is 1.13 bits per heavy atom. The molecule has 116 valence electrons. The molecule has 0 unspecified atom stereocenters. The van der Waals surface area contributed by atoms with E-state index in [4.69, 9.17) is 4.74 Å². The molecule has 0 aliphatic heterocycles. The molecule has 0 saturated carbocycles. The van der Waals surface area contributed by atoms with Crippen LogP contribution in [0.3, 0.4) is 0 Å². The molecule has 1 heterocycles. The van der Waals surface area contributed by atoms with E-state index in [1.165, 1.54) is 24.3 Å². The Balaban J connectivity index is 1.54. The van der Waals surface area contributed by atoms with E-state index in [0.717, 1.165) is 5.69 Å². The summed E-state index contributed by atoms with van der Waals surface area (Å²) in [5.41, 5.74) is 1.56. The van der Waals surface area contributed by atoms with Gasteiger partial charge in [0.05, 0.1) is 5.69 Å².